The van der Waals surface area contributed by atoms with E-state index in [0.29, 0.717) is 34.5 Å². The van der Waals surface area contributed by atoms with Crippen molar-refractivity contribution >= 4 is 49.8 Å². The van der Waals surface area contributed by atoms with Gasteiger partial charge in [0.25, 0.3) is 5.78 Å². The summed E-state index contributed by atoms with van der Waals surface area (Å²) in [6.45, 7) is 6.62. The fourth-order valence-electron chi connectivity index (χ4n) is 4.57. The van der Waals surface area contributed by atoms with Crippen LogP contribution in [0.1, 0.15) is 36.6 Å². The quantitative estimate of drug-likeness (QED) is 0.167. The molecule has 3 aromatic carbocycles. The third-order valence-electron chi connectivity index (χ3n) is 6.60. The highest BCUT2D eigenvalue weighted by Crippen LogP contribution is 2.44. The highest BCUT2D eigenvalue weighted by atomic mass is 32.1. The van der Waals surface area contributed by atoms with Crippen LogP contribution in [0.2, 0.25) is 0 Å². The summed E-state index contributed by atoms with van der Waals surface area (Å²) >= 11 is 1.35. The lowest BCUT2D eigenvalue weighted by Gasteiger charge is -2.23. The molecule has 1 aliphatic heterocycles. The van der Waals surface area contributed by atoms with Crippen LogP contribution in [-0.2, 0) is 9.59 Å². The maximum absolute atomic E-state index is 13.6. The molecule has 7 nitrogen and oxygen atoms in total. The number of hydrogen-bond acceptors (Lipinski definition) is 7. The lowest BCUT2D eigenvalue weighted by atomic mass is 9.95. The van der Waals surface area contributed by atoms with Gasteiger partial charge in [-0.1, -0.05) is 55.5 Å². The van der Waals surface area contributed by atoms with Gasteiger partial charge in [-0.25, -0.2) is 4.98 Å². The van der Waals surface area contributed by atoms with Crippen LogP contribution in [0.25, 0.3) is 16.0 Å². The molecule has 1 saturated heterocycles. The molecule has 0 radical (unpaired) electrons. The molecule has 8 heteroatoms. The second-order valence-corrected chi connectivity index (χ2v) is 11.4. The monoisotopic (exact) mass is 541 g/mol. The van der Waals surface area contributed by atoms with E-state index in [2.05, 4.69) is 13.8 Å². The minimum atomic E-state index is -0.844. The van der Waals surface area contributed by atoms with E-state index in [-0.39, 0.29) is 11.3 Å². The Kier molecular flexibility index (Phi) is 7.14. The van der Waals surface area contributed by atoms with Crippen molar-refractivity contribution in [3.8, 4) is 5.75 Å². The van der Waals surface area contributed by atoms with Gasteiger partial charge in [0.1, 0.15) is 11.5 Å². The van der Waals surface area contributed by atoms with Crippen LogP contribution in [0.5, 0.6) is 5.75 Å². The first-order valence-electron chi connectivity index (χ1n) is 12.8. The zero-order valence-corrected chi connectivity index (χ0v) is 23.5. The summed E-state index contributed by atoms with van der Waals surface area (Å²) in [5, 5.41) is 11.9. The molecule has 1 N–H and O–H groups in total. The maximum Gasteiger partial charge on any atom is 0.301 e. The van der Waals surface area contributed by atoms with Gasteiger partial charge in [-0.2, -0.15) is 0 Å². The van der Waals surface area contributed by atoms with Gasteiger partial charge in [0.05, 0.1) is 28.4 Å². The summed E-state index contributed by atoms with van der Waals surface area (Å²) in [6.07, 6.45) is 0. The Balaban J connectivity index is 1.66. The van der Waals surface area contributed by atoms with Crippen LogP contribution in [0.4, 0.5) is 10.8 Å². The van der Waals surface area contributed by atoms with Crippen molar-refractivity contribution in [3.63, 3.8) is 0 Å². The van der Waals surface area contributed by atoms with Gasteiger partial charge in [0, 0.05) is 25.3 Å². The summed E-state index contributed by atoms with van der Waals surface area (Å²) in [5.74, 6) is -0.811. The molecular weight excluding hydrogens is 510 g/mol. The number of fused-ring (bicyclic) bond motifs is 1. The number of aliphatic hydroxyl groups excluding tert-OH is 1. The number of amides is 1. The van der Waals surface area contributed by atoms with Gasteiger partial charge in [-0.15, -0.1) is 0 Å². The molecular formula is C31H31N3O4S. The summed E-state index contributed by atoms with van der Waals surface area (Å²) in [5.41, 5.74) is 3.93. The van der Waals surface area contributed by atoms with Crippen LogP contribution >= 0.6 is 11.3 Å². The fourth-order valence-corrected chi connectivity index (χ4v) is 5.66. The second kappa shape index (κ2) is 10.5. The number of carbonyl (C=O) groups excluding carboxylic acids is 2. The fraction of sp³-hybridized carbons (Fsp3) is 0.258. The highest BCUT2D eigenvalue weighted by molar-refractivity contribution is 7.22. The number of ether oxygens (including phenoxy) is 1. The van der Waals surface area contributed by atoms with Gasteiger partial charge in [-0.05, 0) is 60.4 Å². The number of thiazole rings is 1. The molecule has 0 aliphatic carbocycles. The van der Waals surface area contributed by atoms with Crippen LogP contribution in [-0.4, -0.2) is 42.5 Å². The van der Waals surface area contributed by atoms with Gasteiger partial charge in [-0.3, -0.25) is 14.5 Å². The largest absolute Gasteiger partial charge is 0.507 e. The normalized spacial score (nSPS) is 16.9. The highest BCUT2D eigenvalue weighted by Gasteiger charge is 2.48. The predicted octanol–water partition coefficient (Wildman–Crippen LogP) is 6.33. The molecule has 5 rings (SSSR count). The number of Topliss-reactive ketones (excluding diaryl/α,β-unsaturated/α-hetero) is 1. The van der Waals surface area contributed by atoms with Crippen molar-refractivity contribution in [2.24, 2.45) is 5.92 Å². The first-order chi connectivity index (χ1) is 18.6. The van der Waals surface area contributed by atoms with Crippen molar-refractivity contribution in [1.29, 1.82) is 0 Å². The average Bonchev–Trinajstić information content (AvgIpc) is 3.44. The predicted molar refractivity (Wildman–Crippen MR) is 157 cm³/mol. The minimum Gasteiger partial charge on any atom is -0.507 e. The number of anilines is 2. The van der Waals surface area contributed by atoms with Crippen LogP contribution in [0.3, 0.4) is 0 Å². The molecule has 4 aromatic rings. The lowest BCUT2D eigenvalue weighted by molar-refractivity contribution is -0.132. The molecule has 2 heterocycles. The summed E-state index contributed by atoms with van der Waals surface area (Å²) in [4.78, 5) is 35.2. The number of nitrogens with zero attached hydrogens (tertiary/aromatic N) is 3. The number of benzene rings is 3. The molecule has 0 spiro atoms. The number of carbonyl (C=O) groups is 2. The Morgan fingerprint density at radius 2 is 1.82 bits per heavy atom. The minimum absolute atomic E-state index is 0.0223. The third-order valence-corrected chi connectivity index (χ3v) is 7.62. The Bertz CT molecular complexity index is 1590. The summed E-state index contributed by atoms with van der Waals surface area (Å²) in [6, 6.07) is 19.6. The van der Waals surface area contributed by atoms with Crippen LogP contribution in [0.15, 0.2) is 72.3 Å². The molecule has 1 aliphatic rings. The van der Waals surface area contributed by atoms with Crippen LogP contribution in [0, 0.1) is 12.8 Å². The van der Waals surface area contributed by atoms with E-state index in [0.717, 1.165) is 21.5 Å². The zero-order chi connectivity index (χ0) is 27.8. The van der Waals surface area contributed by atoms with Gasteiger partial charge >= 0.3 is 5.91 Å². The van der Waals surface area contributed by atoms with Crippen molar-refractivity contribution in [3.05, 3.63) is 89.0 Å². The van der Waals surface area contributed by atoms with Gasteiger partial charge in [0.2, 0.25) is 0 Å². The molecule has 0 bridgehead atoms. The van der Waals surface area contributed by atoms with Crippen molar-refractivity contribution in [2.75, 3.05) is 30.5 Å². The first kappa shape index (κ1) is 26.4. The molecule has 39 heavy (non-hydrogen) atoms. The molecule has 1 atom stereocenters. The Hall–Kier alpha value is -4.17. The molecule has 1 aromatic heterocycles. The number of aromatic nitrogens is 1. The van der Waals surface area contributed by atoms with E-state index >= 15 is 0 Å². The van der Waals surface area contributed by atoms with Gasteiger partial charge < -0.3 is 14.7 Å². The van der Waals surface area contributed by atoms with E-state index in [9.17, 15) is 14.7 Å². The van der Waals surface area contributed by atoms with Crippen molar-refractivity contribution in [1.82, 2.24) is 4.98 Å². The molecule has 1 fully saturated rings. The topological polar surface area (TPSA) is 83.0 Å². The average molecular weight is 542 g/mol. The first-order valence-corrected chi connectivity index (χ1v) is 13.6. The molecule has 0 saturated carbocycles. The number of rotatable bonds is 7. The van der Waals surface area contributed by atoms with Crippen LogP contribution < -0.4 is 14.5 Å². The molecule has 1 unspecified atom stereocenters. The number of aliphatic hydroxyl groups is 1. The summed E-state index contributed by atoms with van der Waals surface area (Å²) in [7, 11) is 3.89. The van der Waals surface area contributed by atoms with E-state index in [1.807, 2.05) is 68.4 Å². The Labute approximate surface area is 232 Å². The molecule has 200 valence electrons. The Morgan fingerprint density at radius 1 is 1.08 bits per heavy atom. The third kappa shape index (κ3) is 5.12. The second-order valence-electron chi connectivity index (χ2n) is 10.4. The van der Waals surface area contributed by atoms with E-state index in [1.54, 1.807) is 24.3 Å². The number of aryl methyl sites for hydroxylation is 1. The SMILES string of the molecule is Cc1ccc2nc(N3C(=O)C(=O)/C(=C(/O)c4cccc(OCC(C)C)c4)C3c3ccc(N(C)C)cc3)sc2c1. The van der Waals surface area contributed by atoms with Gasteiger partial charge in [0.15, 0.2) is 5.13 Å². The smallest absolute Gasteiger partial charge is 0.301 e. The number of ketones is 1. The van der Waals surface area contributed by atoms with E-state index < -0.39 is 17.7 Å². The van der Waals surface area contributed by atoms with Crippen molar-refractivity contribution in [2.45, 2.75) is 26.8 Å². The molecule has 1 amide bonds. The maximum atomic E-state index is 13.6. The summed E-state index contributed by atoms with van der Waals surface area (Å²) < 4.78 is 6.76. The number of hydrogen-bond donors (Lipinski definition) is 1. The standard InChI is InChI=1S/C31H31N3O4S/c1-18(2)17-38-23-8-6-7-21(16-23)28(35)26-27(20-10-12-22(13-11-20)33(4)5)34(30(37)29(26)36)31-32-24-14-9-19(3)15-25(24)39-31/h6-16,18,27,35H,17H2,1-5H3/b28-26+. The Morgan fingerprint density at radius 3 is 2.51 bits per heavy atom. The van der Waals surface area contributed by atoms with E-state index in [4.69, 9.17) is 9.72 Å². The lowest BCUT2D eigenvalue weighted by Crippen LogP contribution is -2.29. The van der Waals surface area contributed by atoms with E-state index in [1.165, 1.54) is 16.2 Å². The van der Waals surface area contributed by atoms with Crippen molar-refractivity contribution < 1.29 is 19.4 Å². The zero-order valence-electron chi connectivity index (χ0n) is 22.6.